The molecule has 0 saturated heterocycles. The Morgan fingerprint density at radius 2 is 2.15 bits per heavy atom. The van der Waals surface area contributed by atoms with Gasteiger partial charge in [0.25, 0.3) is 0 Å². The summed E-state index contributed by atoms with van der Waals surface area (Å²) >= 11 is 0. The van der Waals surface area contributed by atoms with Crippen LogP contribution in [0.1, 0.15) is 17.9 Å². The lowest BCUT2D eigenvalue weighted by Gasteiger charge is -1.91. The average Bonchev–Trinajstić information content (AvgIpc) is 2.75. The van der Waals surface area contributed by atoms with E-state index in [1.165, 1.54) is 0 Å². The minimum absolute atomic E-state index is 0.739. The normalized spacial score (nSPS) is 10.5. The molecule has 68 valence electrons. The summed E-state index contributed by atoms with van der Waals surface area (Å²) in [5, 5.41) is 23.8. The lowest BCUT2D eigenvalue weighted by molar-refractivity contribution is 0.754. The van der Waals surface area contributed by atoms with E-state index in [9.17, 15) is 0 Å². The van der Waals surface area contributed by atoms with E-state index in [1.54, 1.807) is 6.20 Å². The number of H-pyrrole nitrogens is 2. The van der Waals surface area contributed by atoms with Crippen LogP contribution in [0.2, 0.25) is 0 Å². The molecule has 0 bridgehead atoms. The maximum absolute atomic E-state index is 3.93. The Morgan fingerprint density at radius 3 is 2.85 bits per heavy atom. The van der Waals surface area contributed by atoms with Crippen molar-refractivity contribution in [3.8, 4) is 0 Å². The minimum atomic E-state index is 0.739. The number of nitrogens with zero attached hydrogens (tertiary/aromatic N) is 5. The van der Waals surface area contributed by atoms with Crippen LogP contribution in [0.3, 0.4) is 0 Å². The zero-order chi connectivity index (χ0) is 8.93. The molecular formula is C6H9N7. The predicted molar refractivity (Wildman–Crippen MR) is 42.6 cm³/mol. The number of hydrogen-bond acceptors (Lipinski definition) is 5. The molecule has 0 unspecified atom stereocenters. The number of hydrogen-bond donors (Lipinski definition) is 2. The molecule has 2 aromatic rings. The molecule has 7 heteroatoms. The van der Waals surface area contributed by atoms with Gasteiger partial charge in [0, 0.05) is 6.42 Å². The second kappa shape index (κ2) is 3.74. The number of nitrogens with one attached hydrogen (secondary N) is 2. The lowest BCUT2D eigenvalue weighted by atomic mass is 10.2. The largest absolute Gasteiger partial charge is 0.198 e. The molecule has 0 radical (unpaired) electrons. The molecule has 0 aliphatic rings. The highest BCUT2D eigenvalue weighted by Gasteiger charge is 1.99. The second-order valence-electron chi connectivity index (χ2n) is 2.64. The molecule has 0 fully saturated rings. The molecule has 2 N–H and O–H groups in total. The molecule has 0 atom stereocenters. The molecule has 2 aromatic heterocycles. The van der Waals surface area contributed by atoms with Crippen molar-refractivity contribution in [2.24, 2.45) is 0 Å². The molecule has 0 aliphatic carbocycles. The molecule has 7 nitrogen and oxygen atoms in total. The van der Waals surface area contributed by atoms with Crippen LogP contribution in [0, 0.1) is 0 Å². The number of aryl methyl sites for hydroxylation is 2. The summed E-state index contributed by atoms with van der Waals surface area (Å²) in [4.78, 5) is 0. The van der Waals surface area contributed by atoms with Gasteiger partial charge in [-0.3, -0.25) is 0 Å². The number of tetrazole rings is 1. The van der Waals surface area contributed by atoms with Crippen LogP contribution in [-0.4, -0.2) is 36.0 Å². The van der Waals surface area contributed by atoms with Crippen LogP contribution in [0.15, 0.2) is 6.20 Å². The van der Waals surface area contributed by atoms with Crippen LogP contribution < -0.4 is 0 Å². The van der Waals surface area contributed by atoms with Gasteiger partial charge in [0.1, 0.15) is 0 Å². The Bertz CT molecular complexity index is 290. The summed E-state index contributed by atoms with van der Waals surface area (Å²) in [6, 6.07) is 0. The first kappa shape index (κ1) is 7.84. The van der Waals surface area contributed by atoms with Crippen LogP contribution >= 0.6 is 0 Å². The fraction of sp³-hybridized carbons (Fsp3) is 0.500. The third-order valence-electron chi connectivity index (χ3n) is 1.69. The van der Waals surface area contributed by atoms with Gasteiger partial charge >= 0.3 is 0 Å². The summed E-state index contributed by atoms with van der Waals surface area (Å²) in [5.41, 5.74) is 0.962. The first-order chi connectivity index (χ1) is 6.45. The highest BCUT2D eigenvalue weighted by atomic mass is 15.5. The molecule has 0 saturated carbocycles. The van der Waals surface area contributed by atoms with Crippen LogP contribution in [0.25, 0.3) is 0 Å². The monoisotopic (exact) mass is 179 g/mol. The highest BCUT2D eigenvalue weighted by molar-refractivity contribution is 4.91. The van der Waals surface area contributed by atoms with E-state index in [0.29, 0.717) is 0 Å². The van der Waals surface area contributed by atoms with Crippen molar-refractivity contribution in [2.45, 2.75) is 19.3 Å². The van der Waals surface area contributed by atoms with Crippen molar-refractivity contribution < 1.29 is 0 Å². The number of rotatable bonds is 4. The molecule has 0 aromatic carbocycles. The third kappa shape index (κ3) is 2.08. The SMILES string of the molecule is c1n[nH]nc1CCCc1nn[nH]n1. The predicted octanol–water partition coefficient (Wildman–Crippen LogP) is -0.507. The summed E-state index contributed by atoms with van der Waals surface area (Å²) in [6.45, 7) is 0. The van der Waals surface area contributed by atoms with Crippen molar-refractivity contribution >= 4 is 0 Å². The summed E-state index contributed by atoms with van der Waals surface area (Å²) in [7, 11) is 0. The van der Waals surface area contributed by atoms with Gasteiger partial charge in [0.15, 0.2) is 5.82 Å². The lowest BCUT2D eigenvalue weighted by Crippen LogP contribution is -1.92. The van der Waals surface area contributed by atoms with Crippen LogP contribution in [0.4, 0.5) is 0 Å². The summed E-state index contributed by atoms with van der Waals surface area (Å²) in [5.74, 6) is 0.739. The second-order valence-corrected chi connectivity index (χ2v) is 2.64. The van der Waals surface area contributed by atoms with Gasteiger partial charge in [0.2, 0.25) is 0 Å². The van der Waals surface area contributed by atoms with Crippen molar-refractivity contribution in [1.82, 2.24) is 36.0 Å². The van der Waals surface area contributed by atoms with Gasteiger partial charge < -0.3 is 0 Å². The molecule has 2 rings (SSSR count). The smallest absolute Gasteiger partial charge is 0.174 e. The molecule has 0 amide bonds. The molecule has 0 spiro atoms. The number of aromatic amines is 2. The fourth-order valence-corrected chi connectivity index (χ4v) is 1.06. The first-order valence-electron chi connectivity index (χ1n) is 4.02. The quantitative estimate of drug-likeness (QED) is 0.659. The van der Waals surface area contributed by atoms with Crippen molar-refractivity contribution in [3.63, 3.8) is 0 Å². The Kier molecular flexibility index (Phi) is 2.26. The minimum Gasteiger partial charge on any atom is -0.198 e. The zero-order valence-electron chi connectivity index (χ0n) is 6.93. The van der Waals surface area contributed by atoms with Gasteiger partial charge in [-0.1, -0.05) is 5.21 Å². The van der Waals surface area contributed by atoms with Crippen molar-refractivity contribution in [2.75, 3.05) is 0 Å². The Morgan fingerprint density at radius 1 is 1.15 bits per heavy atom. The van der Waals surface area contributed by atoms with E-state index in [2.05, 4.69) is 36.0 Å². The maximum Gasteiger partial charge on any atom is 0.174 e. The van der Waals surface area contributed by atoms with E-state index in [-0.39, 0.29) is 0 Å². The van der Waals surface area contributed by atoms with Gasteiger partial charge in [-0.05, 0) is 12.8 Å². The topological polar surface area (TPSA) is 96.0 Å². The van der Waals surface area contributed by atoms with E-state index in [0.717, 1.165) is 30.8 Å². The van der Waals surface area contributed by atoms with Gasteiger partial charge in [-0.25, -0.2) is 0 Å². The van der Waals surface area contributed by atoms with Crippen LogP contribution in [0.5, 0.6) is 0 Å². The standard InChI is InChI=1S/C6H9N7/c1(2-5-4-7-11-8-5)3-6-9-12-13-10-6/h4H,1-3H2,(H,7,8,11)(H,9,10,12,13). The maximum atomic E-state index is 3.93. The Hall–Kier alpha value is -1.79. The Labute approximate surface area is 73.9 Å². The van der Waals surface area contributed by atoms with Gasteiger partial charge in [-0.15, -0.1) is 10.2 Å². The summed E-state index contributed by atoms with van der Waals surface area (Å²) < 4.78 is 0. The van der Waals surface area contributed by atoms with Crippen LogP contribution in [-0.2, 0) is 12.8 Å². The molecule has 2 heterocycles. The highest BCUT2D eigenvalue weighted by Crippen LogP contribution is 1.99. The van der Waals surface area contributed by atoms with E-state index in [4.69, 9.17) is 0 Å². The van der Waals surface area contributed by atoms with E-state index < -0.39 is 0 Å². The summed E-state index contributed by atoms with van der Waals surface area (Å²) in [6.07, 6.45) is 4.36. The zero-order valence-corrected chi connectivity index (χ0v) is 6.93. The van der Waals surface area contributed by atoms with E-state index in [1.807, 2.05) is 0 Å². The van der Waals surface area contributed by atoms with Gasteiger partial charge in [0.05, 0.1) is 11.9 Å². The van der Waals surface area contributed by atoms with Crippen molar-refractivity contribution in [3.05, 3.63) is 17.7 Å². The molecule has 0 aliphatic heterocycles. The average molecular weight is 179 g/mol. The third-order valence-corrected chi connectivity index (χ3v) is 1.69. The first-order valence-corrected chi connectivity index (χ1v) is 4.02. The molecular weight excluding hydrogens is 170 g/mol. The van der Waals surface area contributed by atoms with E-state index >= 15 is 0 Å². The Balaban J connectivity index is 1.76. The van der Waals surface area contributed by atoms with Gasteiger partial charge in [-0.2, -0.15) is 20.6 Å². The number of aromatic nitrogens is 7. The molecule has 13 heavy (non-hydrogen) atoms. The van der Waals surface area contributed by atoms with Crippen molar-refractivity contribution in [1.29, 1.82) is 0 Å². The fourth-order valence-electron chi connectivity index (χ4n) is 1.06.